The van der Waals surface area contributed by atoms with Crippen LogP contribution in [0.1, 0.15) is 16.1 Å². The number of hydrogen-bond donors (Lipinski definition) is 2. The average molecular weight is 285 g/mol. The van der Waals surface area contributed by atoms with Crippen molar-refractivity contribution < 1.29 is 18.7 Å². The van der Waals surface area contributed by atoms with Crippen molar-refractivity contribution in [2.45, 2.75) is 6.54 Å². The van der Waals surface area contributed by atoms with E-state index in [9.17, 15) is 14.3 Å². The molecule has 0 aliphatic heterocycles. The topological polar surface area (TPSA) is 62.5 Å². The Kier molecular flexibility index (Phi) is 3.31. The molecule has 5 heteroatoms. The van der Waals surface area contributed by atoms with Crippen LogP contribution in [0.4, 0.5) is 10.1 Å². The van der Waals surface area contributed by atoms with Crippen LogP contribution in [0.25, 0.3) is 11.0 Å². The Morgan fingerprint density at radius 2 is 1.86 bits per heavy atom. The zero-order valence-corrected chi connectivity index (χ0v) is 11.0. The third-order valence-corrected chi connectivity index (χ3v) is 3.21. The largest absolute Gasteiger partial charge is 0.475 e. The Balaban J connectivity index is 1.93. The molecule has 0 radical (unpaired) electrons. The molecule has 1 aromatic heterocycles. The van der Waals surface area contributed by atoms with Gasteiger partial charge in [0.25, 0.3) is 0 Å². The molecule has 0 aliphatic carbocycles. The van der Waals surface area contributed by atoms with Gasteiger partial charge < -0.3 is 14.8 Å². The lowest BCUT2D eigenvalue weighted by molar-refractivity contribution is 0.0663. The third kappa shape index (κ3) is 2.58. The van der Waals surface area contributed by atoms with Crippen molar-refractivity contribution in [2.24, 2.45) is 0 Å². The molecule has 2 aromatic carbocycles. The normalized spacial score (nSPS) is 10.7. The van der Waals surface area contributed by atoms with E-state index in [4.69, 9.17) is 4.42 Å². The summed E-state index contributed by atoms with van der Waals surface area (Å²) in [6.07, 6.45) is 0. The summed E-state index contributed by atoms with van der Waals surface area (Å²) >= 11 is 0. The summed E-state index contributed by atoms with van der Waals surface area (Å²) < 4.78 is 18.2. The van der Waals surface area contributed by atoms with Crippen LogP contribution in [-0.2, 0) is 6.54 Å². The molecule has 3 rings (SSSR count). The summed E-state index contributed by atoms with van der Waals surface area (Å²) in [6, 6.07) is 13.0. The highest BCUT2D eigenvalue weighted by Crippen LogP contribution is 2.26. The van der Waals surface area contributed by atoms with E-state index in [0.717, 1.165) is 5.39 Å². The van der Waals surface area contributed by atoms with Crippen LogP contribution in [0.3, 0.4) is 0 Å². The number of halogens is 1. The summed E-state index contributed by atoms with van der Waals surface area (Å²) in [6.45, 7) is 0.282. The monoisotopic (exact) mass is 285 g/mol. The van der Waals surface area contributed by atoms with Gasteiger partial charge in [-0.1, -0.05) is 18.2 Å². The highest BCUT2D eigenvalue weighted by molar-refractivity contribution is 5.95. The molecular weight excluding hydrogens is 273 g/mol. The number of rotatable bonds is 4. The van der Waals surface area contributed by atoms with E-state index in [1.54, 1.807) is 24.3 Å². The van der Waals surface area contributed by atoms with Crippen molar-refractivity contribution in [3.05, 3.63) is 65.7 Å². The molecule has 3 aromatic rings. The van der Waals surface area contributed by atoms with Gasteiger partial charge >= 0.3 is 5.97 Å². The summed E-state index contributed by atoms with van der Waals surface area (Å²) in [5.41, 5.74) is 1.81. The minimum atomic E-state index is -1.11. The first-order valence-corrected chi connectivity index (χ1v) is 6.38. The predicted octanol–water partition coefficient (Wildman–Crippen LogP) is 3.88. The highest BCUT2D eigenvalue weighted by Gasteiger charge is 2.19. The third-order valence-electron chi connectivity index (χ3n) is 3.21. The van der Waals surface area contributed by atoms with Crippen LogP contribution >= 0.6 is 0 Å². The molecule has 106 valence electrons. The van der Waals surface area contributed by atoms with Gasteiger partial charge in [-0.3, -0.25) is 0 Å². The maximum absolute atomic E-state index is 12.9. The first-order valence-electron chi connectivity index (χ1n) is 6.38. The second-order valence-electron chi connectivity index (χ2n) is 4.57. The van der Waals surface area contributed by atoms with Gasteiger partial charge in [0.05, 0.1) is 0 Å². The summed E-state index contributed by atoms with van der Waals surface area (Å²) in [7, 11) is 0. The number of furan rings is 1. The molecule has 21 heavy (non-hydrogen) atoms. The molecule has 0 fully saturated rings. The smallest absolute Gasteiger partial charge is 0.372 e. The predicted molar refractivity (Wildman–Crippen MR) is 76.9 cm³/mol. The zero-order valence-electron chi connectivity index (χ0n) is 11.0. The second-order valence-corrected chi connectivity index (χ2v) is 4.57. The number of carboxylic acid groups (broad SMARTS) is 1. The fourth-order valence-electron chi connectivity index (χ4n) is 2.21. The van der Waals surface area contributed by atoms with Crippen LogP contribution in [-0.4, -0.2) is 11.1 Å². The SMILES string of the molecule is O=C(O)c1oc2ccccc2c1CNc1ccc(F)cc1. The maximum atomic E-state index is 12.9. The van der Waals surface area contributed by atoms with Crippen LogP contribution < -0.4 is 5.32 Å². The quantitative estimate of drug-likeness (QED) is 0.763. The van der Waals surface area contributed by atoms with Crippen molar-refractivity contribution in [1.29, 1.82) is 0 Å². The minimum absolute atomic E-state index is 0.0780. The molecule has 0 amide bonds. The second kappa shape index (κ2) is 5.28. The number of benzene rings is 2. The van der Waals surface area contributed by atoms with Gasteiger partial charge in [-0.05, 0) is 30.3 Å². The number of carboxylic acids is 1. The van der Waals surface area contributed by atoms with Crippen molar-refractivity contribution >= 4 is 22.6 Å². The Hall–Kier alpha value is -2.82. The zero-order chi connectivity index (χ0) is 14.8. The van der Waals surface area contributed by atoms with E-state index >= 15 is 0 Å². The highest BCUT2D eigenvalue weighted by atomic mass is 19.1. The molecule has 2 N–H and O–H groups in total. The van der Waals surface area contributed by atoms with Crippen LogP contribution in [0, 0.1) is 5.82 Å². The fourth-order valence-corrected chi connectivity index (χ4v) is 2.21. The number of hydrogen-bond acceptors (Lipinski definition) is 3. The number of fused-ring (bicyclic) bond motifs is 1. The van der Waals surface area contributed by atoms with Crippen molar-refractivity contribution in [2.75, 3.05) is 5.32 Å². The Morgan fingerprint density at radius 3 is 2.57 bits per heavy atom. The van der Waals surface area contributed by atoms with E-state index in [1.165, 1.54) is 12.1 Å². The number of anilines is 1. The number of carbonyl (C=O) groups is 1. The van der Waals surface area contributed by atoms with Gasteiger partial charge in [0, 0.05) is 23.2 Å². The first kappa shape index (κ1) is 13.2. The summed E-state index contributed by atoms with van der Waals surface area (Å²) in [5.74, 6) is -1.51. The van der Waals surface area contributed by atoms with Gasteiger partial charge in [0.1, 0.15) is 11.4 Å². The summed E-state index contributed by atoms with van der Waals surface area (Å²) in [5, 5.41) is 13.1. The molecule has 1 heterocycles. The molecule has 0 aliphatic rings. The molecule has 0 unspecified atom stereocenters. The molecular formula is C16H12FNO3. The molecule has 0 saturated carbocycles. The van der Waals surface area contributed by atoms with E-state index in [1.807, 2.05) is 12.1 Å². The van der Waals surface area contributed by atoms with Crippen LogP contribution in [0.5, 0.6) is 0 Å². The first-order chi connectivity index (χ1) is 10.1. The molecule has 0 atom stereocenters. The average Bonchev–Trinajstić information content (AvgIpc) is 2.86. The standard InChI is InChI=1S/C16H12FNO3/c17-10-5-7-11(8-6-10)18-9-13-12-3-1-2-4-14(12)21-15(13)16(19)20/h1-8,18H,9H2,(H,19,20). The van der Waals surface area contributed by atoms with Gasteiger partial charge in [-0.2, -0.15) is 0 Å². The van der Waals surface area contributed by atoms with Crippen molar-refractivity contribution in [1.82, 2.24) is 0 Å². The van der Waals surface area contributed by atoms with E-state index < -0.39 is 5.97 Å². The van der Waals surface area contributed by atoms with Gasteiger partial charge in [-0.15, -0.1) is 0 Å². The van der Waals surface area contributed by atoms with Crippen molar-refractivity contribution in [3.8, 4) is 0 Å². The Morgan fingerprint density at radius 1 is 1.14 bits per heavy atom. The minimum Gasteiger partial charge on any atom is -0.475 e. The molecule has 0 saturated heterocycles. The Bertz CT molecular complexity index is 793. The maximum Gasteiger partial charge on any atom is 0.372 e. The van der Waals surface area contributed by atoms with E-state index in [0.29, 0.717) is 16.8 Å². The molecule has 4 nitrogen and oxygen atoms in total. The summed E-state index contributed by atoms with van der Waals surface area (Å²) in [4.78, 5) is 11.3. The van der Waals surface area contributed by atoms with Crippen LogP contribution in [0.2, 0.25) is 0 Å². The van der Waals surface area contributed by atoms with Crippen LogP contribution in [0.15, 0.2) is 52.9 Å². The van der Waals surface area contributed by atoms with E-state index in [2.05, 4.69) is 5.32 Å². The number of nitrogens with one attached hydrogen (secondary N) is 1. The lowest BCUT2D eigenvalue weighted by Crippen LogP contribution is -2.05. The van der Waals surface area contributed by atoms with Gasteiger partial charge in [0.2, 0.25) is 5.76 Å². The Labute approximate surface area is 119 Å². The number of aromatic carboxylic acids is 1. The lowest BCUT2D eigenvalue weighted by atomic mass is 10.1. The fraction of sp³-hybridized carbons (Fsp3) is 0.0625. The van der Waals surface area contributed by atoms with Gasteiger partial charge in [0.15, 0.2) is 0 Å². The van der Waals surface area contributed by atoms with E-state index in [-0.39, 0.29) is 18.1 Å². The molecule has 0 spiro atoms. The lowest BCUT2D eigenvalue weighted by Gasteiger charge is -2.06. The molecule has 0 bridgehead atoms. The van der Waals surface area contributed by atoms with Crippen molar-refractivity contribution in [3.63, 3.8) is 0 Å². The number of para-hydroxylation sites is 1. The van der Waals surface area contributed by atoms with Gasteiger partial charge in [-0.25, -0.2) is 9.18 Å².